The van der Waals surface area contributed by atoms with E-state index in [1.807, 2.05) is 39.0 Å². The minimum Gasteiger partial charge on any atom is -0.207 e. The largest absolute Gasteiger partial charge is 0.243 e. The number of hydrogen-bond donors (Lipinski definition) is 0. The van der Waals surface area contributed by atoms with Crippen molar-refractivity contribution in [1.82, 2.24) is 4.31 Å². The first-order valence-electron chi connectivity index (χ1n) is 7.19. The van der Waals surface area contributed by atoms with Crippen molar-refractivity contribution in [3.8, 4) is 0 Å². The summed E-state index contributed by atoms with van der Waals surface area (Å²) in [6.45, 7) is 10.9. The van der Waals surface area contributed by atoms with Gasteiger partial charge in [0, 0.05) is 13.1 Å². The van der Waals surface area contributed by atoms with Crippen LogP contribution in [0.5, 0.6) is 0 Å². The molecule has 1 saturated heterocycles. The zero-order chi connectivity index (χ0) is 15.6. The minimum atomic E-state index is -3.41. The van der Waals surface area contributed by atoms with Crippen LogP contribution in [0.1, 0.15) is 19.4 Å². The van der Waals surface area contributed by atoms with Gasteiger partial charge in [0.25, 0.3) is 0 Å². The van der Waals surface area contributed by atoms with Crippen molar-refractivity contribution in [3.05, 3.63) is 54.1 Å². The summed E-state index contributed by atoms with van der Waals surface area (Å²) < 4.78 is 27.0. The van der Waals surface area contributed by atoms with Crippen LogP contribution in [0.4, 0.5) is 0 Å². The third-order valence-corrected chi connectivity index (χ3v) is 5.73. The van der Waals surface area contributed by atoms with Crippen molar-refractivity contribution in [2.24, 2.45) is 11.8 Å². The summed E-state index contributed by atoms with van der Waals surface area (Å²) in [5.41, 5.74) is 2.27. The van der Waals surface area contributed by atoms with Crippen LogP contribution in [0.3, 0.4) is 0 Å². The molecule has 1 aromatic rings. The highest BCUT2D eigenvalue weighted by atomic mass is 32.2. The molecule has 1 heterocycles. The molecular weight excluding hydrogens is 282 g/mol. The Labute approximate surface area is 128 Å². The molecule has 0 spiro atoms. The molecule has 0 radical (unpaired) electrons. The van der Waals surface area contributed by atoms with Gasteiger partial charge in [-0.2, -0.15) is 4.31 Å². The molecule has 2 atom stereocenters. The Bertz CT molecular complexity index is 640. The molecule has 114 valence electrons. The molecule has 0 aromatic heterocycles. The molecule has 1 fully saturated rings. The van der Waals surface area contributed by atoms with E-state index in [-0.39, 0.29) is 11.8 Å². The molecule has 4 heteroatoms. The molecule has 3 nitrogen and oxygen atoms in total. The van der Waals surface area contributed by atoms with Gasteiger partial charge in [-0.3, -0.25) is 0 Å². The van der Waals surface area contributed by atoms with Gasteiger partial charge < -0.3 is 0 Å². The second kappa shape index (κ2) is 6.16. The van der Waals surface area contributed by atoms with Crippen LogP contribution in [-0.4, -0.2) is 25.8 Å². The quantitative estimate of drug-likeness (QED) is 0.800. The molecule has 0 amide bonds. The Morgan fingerprint density at radius 3 is 2.29 bits per heavy atom. The molecule has 1 aliphatic rings. The third kappa shape index (κ3) is 3.44. The van der Waals surface area contributed by atoms with Gasteiger partial charge in [-0.15, -0.1) is 6.58 Å². The van der Waals surface area contributed by atoms with Crippen LogP contribution in [-0.2, 0) is 10.0 Å². The summed E-state index contributed by atoms with van der Waals surface area (Å²) in [5, 5.41) is 0. The summed E-state index contributed by atoms with van der Waals surface area (Å²) in [7, 11) is -3.41. The molecule has 0 bridgehead atoms. The van der Waals surface area contributed by atoms with Crippen molar-refractivity contribution in [2.45, 2.75) is 25.7 Å². The minimum absolute atomic E-state index is 0.181. The summed E-state index contributed by atoms with van der Waals surface area (Å²) >= 11 is 0. The molecule has 0 unspecified atom stereocenters. The number of nitrogens with zero attached hydrogens (tertiary/aromatic N) is 1. The number of allylic oxidation sites excluding steroid dienone is 1. The molecule has 21 heavy (non-hydrogen) atoms. The first kappa shape index (κ1) is 16.0. The number of sulfonamides is 1. The summed E-state index contributed by atoms with van der Waals surface area (Å²) in [6, 6.07) is 7.03. The van der Waals surface area contributed by atoms with E-state index in [1.54, 1.807) is 16.4 Å². The zero-order valence-corrected chi connectivity index (χ0v) is 13.7. The van der Waals surface area contributed by atoms with E-state index < -0.39 is 10.0 Å². The van der Waals surface area contributed by atoms with Gasteiger partial charge in [0.05, 0.1) is 4.90 Å². The van der Waals surface area contributed by atoms with Crippen LogP contribution in [0.15, 0.2) is 53.5 Å². The van der Waals surface area contributed by atoms with Crippen molar-refractivity contribution >= 4 is 10.0 Å². The average Bonchev–Trinajstić information content (AvgIpc) is 2.82. The number of rotatable bonds is 4. The Morgan fingerprint density at radius 1 is 1.19 bits per heavy atom. The van der Waals surface area contributed by atoms with Gasteiger partial charge >= 0.3 is 0 Å². The fraction of sp³-hybridized carbons (Fsp3) is 0.412. The van der Waals surface area contributed by atoms with E-state index in [1.165, 1.54) is 5.57 Å². The normalized spacial score (nSPS) is 23.0. The molecule has 0 saturated carbocycles. The summed E-state index contributed by atoms with van der Waals surface area (Å²) in [6.07, 6.45) is 4.02. The number of benzene rings is 1. The van der Waals surface area contributed by atoms with Gasteiger partial charge in [-0.25, -0.2) is 8.42 Å². The van der Waals surface area contributed by atoms with Gasteiger partial charge in [0.1, 0.15) is 0 Å². The smallest absolute Gasteiger partial charge is 0.207 e. The van der Waals surface area contributed by atoms with Crippen molar-refractivity contribution < 1.29 is 8.42 Å². The maximum Gasteiger partial charge on any atom is 0.243 e. The SMILES string of the molecule is C=C[C@@H]1CN(S(=O)(=O)c2ccc(C)cc2)C[C@@H]1C=C(C)C. The van der Waals surface area contributed by atoms with Crippen molar-refractivity contribution in [2.75, 3.05) is 13.1 Å². The van der Waals surface area contributed by atoms with Crippen LogP contribution in [0.25, 0.3) is 0 Å². The lowest BCUT2D eigenvalue weighted by atomic mass is 9.94. The maximum atomic E-state index is 12.7. The Kier molecular flexibility index (Phi) is 4.69. The summed E-state index contributed by atoms with van der Waals surface area (Å²) in [5.74, 6) is 0.396. The van der Waals surface area contributed by atoms with E-state index >= 15 is 0 Å². The molecule has 2 rings (SSSR count). The predicted octanol–water partition coefficient (Wildman–Crippen LogP) is 3.38. The van der Waals surface area contributed by atoms with Gasteiger partial charge in [-0.1, -0.05) is 35.4 Å². The fourth-order valence-electron chi connectivity index (χ4n) is 2.72. The monoisotopic (exact) mass is 305 g/mol. The molecule has 1 aliphatic heterocycles. The highest BCUT2D eigenvalue weighted by Gasteiger charge is 2.36. The van der Waals surface area contributed by atoms with Crippen LogP contribution >= 0.6 is 0 Å². The van der Waals surface area contributed by atoms with Gasteiger partial charge in [0.2, 0.25) is 10.0 Å². The van der Waals surface area contributed by atoms with Gasteiger partial charge in [-0.05, 0) is 44.7 Å². The maximum absolute atomic E-state index is 12.7. The van der Waals surface area contributed by atoms with E-state index in [2.05, 4.69) is 12.7 Å². The third-order valence-electron chi connectivity index (χ3n) is 3.89. The fourth-order valence-corrected chi connectivity index (χ4v) is 4.24. The van der Waals surface area contributed by atoms with E-state index in [0.717, 1.165) is 5.56 Å². The second-order valence-corrected chi connectivity index (χ2v) is 7.88. The number of hydrogen-bond acceptors (Lipinski definition) is 2. The zero-order valence-electron chi connectivity index (χ0n) is 12.9. The lowest BCUT2D eigenvalue weighted by molar-refractivity contribution is 0.467. The Hall–Kier alpha value is -1.39. The van der Waals surface area contributed by atoms with E-state index in [4.69, 9.17) is 0 Å². The first-order chi connectivity index (χ1) is 9.84. The summed E-state index contributed by atoms with van der Waals surface area (Å²) in [4.78, 5) is 0.369. The number of aryl methyl sites for hydroxylation is 1. The van der Waals surface area contributed by atoms with Crippen LogP contribution in [0, 0.1) is 18.8 Å². The average molecular weight is 305 g/mol. The van der Waals surface area contributed by atoms with Crippen LogP contribution < -0.4 is 0 Å². The first-order valence-corrected chi connectivity index (χ1v) is 8.63. The van der Waals surface area contributed by atoms with E-state index in [0.29, 0.717) is 18.0 Å². The molecule has 0 N–H and O–H groups in total. The lowest BCUT2D eigenvalue weighted by Crippen LogP contribution is -2.29. The standard InChI is InChI=1S/C17H23NO2S/c1-5-15-11-18(12-16(15)10-13(2)3)21(19,20)17-8-6-14(4)7-9-17/h5-10,15-16H,1,11-12H2,2-4H3/t15-,16+/m1/s1. The molecular formula is C17H23NO2S. The predicted molar refractivity (Wildman–Crippen MR) is 86.5 cm³/mol. The molecule has 0 aliphatic carbocycles. The van der Waals surface area contributed by atoms with E-state index in [9.17, 15) is 8.42 Å². The Balaban J connectivity index is 2.28. The van der Waals surface area contributed by atoms with Gasteiger partial charge in [0.15, 0.2) is 0 Å². The highest BCUT2D eigenvalue weighted by molar-refractivity contribution is 7.89. The van der Waals surface area contributed by atoms with Crippen LogP contribution in [0.2, 0.25) is 0 Å². The second-order valence-electron chi connectivity index (χ2n) is 5.94. The topological polar surface area (TPSA) is 37.4 Å². The van der Waals surface area contributed by atoms with Crippen molar-refractivity contribution in [1.29, 1.82) is 0 Å². The molecule has 1 aromatic carbocycles. The highest BCUT2D eigenvalue weighted by Crippen LogP contribution is 2.31. The lowest BCUT2D eigenvalue weighted by Gasteiger charge is -2.16. The Morgan fingerprint density at radius 2 is 1.76 bits per heavy atom. The van der Waals surface area contributed by atoms with Crippen molar-refractivity contribution in [3.63, 3.8) is 0 Å².